The fourth-order valence-electron chi connectivity index (χ4n) is 2.87. The monoisotopic (exact) mass is 348 g/mol. The second-order valence-corrected chi connectivity index (χ2v) is 7.05. The molecule has 1 amide bonds. The second-order valence-electron chi connectivity index (χ2n) is 5.83. The van der Waals surface area contributed by atoms with E-state index in [4.69, 9.17) is 4.42 Å². The van der Waals surface area contributed by atoms with Crippen LogP contribution in [0.4, 0.5) is 4.39 Å². The zero-order chi connectivity index (χ0) is 16.8. The molecule has 24 heavy (non-hydrogen) atoms. The van der Waals surface area contributed by atoms with Crippen molar-refractivity contribution in [3.8, 4) is 0 Å². The average molecular weight is 348 g/mol. The van der Waals surface area contributed by atoms with Crippen LogP contribution in [-0.4, -0.2) is 41.9 Å². The predicted octanol–water partition coefficient (Wildman–Crippen LogP) is 2.87. The van der Waals surface area contributed by atoms with Crippen molar-refractivity contribution in [1.29, 1.82) is 0 Å². The van der Waals surface area contributed by atoms with Crippen LogP contribution in [-0.2, 0) is 11.2 Å². The standard InChI is InChI=1S/C18H21FN2O2S/c19-16-3-1-14(2-4-16)11-18(22)20-12-17(15-5-8-23-13-15)21-6-9-24-10-7-21/h1-5,8,13,17H,6-7,9-12H2,(H,20,22). The van der Waals surface area contributed by atoms with Crippen LogP contribution in [0.1, 0.15) is 17.2 Å². The Kier molecular flexibility index (Phi) is 5.93. The molecule has 0 bridgehead atoms. The van der Waals surface area contributed by atoms with Crippen molar-refractivity contribution in [1.82, 2.24) is 10.2 Å². The summed E-state index contributed by atoms with van der Waals surface area (Å²) >= 11 is 1.96. The predicted molar refractivity (Wildman–Crippen MR) is 93.5 cm³/mol. The number of thioether (sulfide) groups is 1. The van der Waals surface area contributed by atoms with Gasteiger partial charge in [0.2, 0.25) is 5.91 Å². The molecule has 0 saturated carbocycles. The Morgan fingerprint density at radius 3 is 2.67 bits per heavy atom. The number of nitrogens with zero attached hydrogens (tertiary/aromatic N) is 1. The lowest BCUT2D eigenvalue weighted by atomic mass is 10.1. The summed E-state index contributed by atoms with van der Waals surface area (Å²) in [5.74, 6) is 1.87. The van der Waals surface area contributed by atoms with Crippen LogP contribution in [0.2, 0.25) is 0 Å². The molecule has 0 radical (unpaired) electrons. The highest BCUT2D eigenvalue weighted by Crippen LogP contribution is 2.24. The van der Waals surface area contributed by atoms with Crippen LogP contribution in [0.15, 0.2) is 47.3 Å². The van der Waals surface area contributed by atoms with E-state index in [0.29, 0.717) is 6.54 Å². The number of carbonyl (C=O) groups is 1. The molecule has 0 spiro atoms. The van der Waals surface area contributed by atoms with Gasteiger partial charge < -0.3 is 9.73 Å². The van der Waals surface area contributed by atoms with Gasteiger partial charge in [-0.15, -0.1) is 0 Å². The van der Waals surface area contributed by atoms with Crippen LogP contribution in [0.5, 0.6) is 0 Å². The first-order chi connectivity index (χ1) is 11.7. The normalized spacial score (nSPS) is 16.7. The topological polar surface area (TPSA) is 45.5 Å². The van der Waals surface area contributed by atoms with Crippen molar-refractivity contribution < 1.29 is 13.6 Å². The number of benzene rings is 1. The van der Waals surface area contributed by atoms with E-state index in [1.165, 1.54) is 12.1 Å². The summed E-state index contributed by atoms with van der Waals surface area (Å²) < 4.78 is 18.1. The van der Waals surface area contributed by atoms with Gasteiger partial charge in [-0.05, 0) is 23.8 Å². The van der Waals surface area contributed by atoms with E-state index < -0.39 is 0 Å². The summed E-state index contributed by atoms with van der Waals surface area (Å²) in [5.41, 5.74) is 1.90. The molecule has 1 aromatic heterocycles. The Balaban J connectivity index is 1.58. The maximum Gasteiger partial charge on any atom is 0.224 e. The molecule has 2 aromatic rings. The molecule has 0 aliphatic carbocycles. The van der Waals surface area contributed by atoms with Crippen molar-refractivity contribution in [2.24, 2.45) is 0 Å². The van der Waals surface area contributed by atoms with Gasteiger partial charge in [0.25, 0.3) is 0 Å². The smallest absolute Gasteiger partial charge is 0.224 e. The van der Waals surface area contributed by atoms with Crippen molar-refractivity contribution in [3.05, 3.63) is 59.8 Å². The number of halogens is 1. The highest BCUT2D eigenvalue weighted by atomic mass is 32.2. The highest BCUT2D eigenvalue weighted by molar-refractivity contribution is 7.99. The first-order valence-electron chi connectivity index (χ1n) is 8.07. The van der Waals surface area contributed by atoms with Gasteiger partial charge >= 0.3 is 0 Å². The summed E-state index contributed by atoms with van der Waals surface area (Å²) in [6, 6.07) is 8.12. The fourth-order valence-corrected chi connectivity index (χ4v) is 3.80. The number of nitrogens with one attached hydrogen (secondary N) is 1. The zero-order valence-corrected chi connectivity index (χ0v) is 14.2. The van der Waals surface area contributed by atoms with Crippen LogP contribution in [0.25, 0.3) is 0 Å². The van der Waals surface area contributed by atoms with Gasteiger partial charge in [0, 0.05) is 36.7 Å². The number of hydrogen-bond acceptors (Lipinski definition) is 4. The maximum atomic E-state index is 12.9. The van der Waals surface area contributed by atoms with Gasteiger partial charge in [0.15, 0.2) is 0 Å². The third kappa shape index (κ3) is 4.61. The molecular formula is C18H21FN2O2S. The summed E-state index contributed by atoms with van der Waals surface area (Å²) in [6.45, 7) is 2.56. The van der Waals surface area contributed by atoms with E-state index in [9.17, 15) is 9.18 Å². The van der Waals surface area contributed by atoms with Gasteiger partial charge in [0.1, 0.15) is 5.82 Å². The zero-order valence-electron chi connectivity index (χ0n) is 13.4. The molecule has 1 N–H and O–H groups in total. The maximum absolute atomic E-state index is 12.9. The van der Waals surface area contributed by atoms with E-state index >= 15 is 0 Å². The van der Waals surface area contributed by atoms with Crippen LogP contribution >= 0.6 is 11.8 Å². The minimum atomic E-state index is -0.290. The Labute approximate surface area is 145 Å². The van der Waals surface area contributed by atoms with Gasteiger partial charge in [-0.2, -0.15) is 11.8 Å². The van der Waals surface area contributed by atoms with Crippen molar-refractivity contribution >= 4 is 17.7 Å². The highest BCUT2D eigenvalue weighted by Gasteiger charge is 2.23. The van der Waals surface area contributed by atoms with E-state index in [1.807, 2.05) is 17.8 Å². The molecule has 1 aliphatic heterocycles. The first-order valence-corrected chi connectivity index (χ1v) is 9.23. The van der Waals surface area contributed by atoms with Gasteiger partial charge in [-0.25, -0.2) is 4.39 Å². The summed E-state index contributed by atoms with van der Waals surface area (Å²) in [7, 11) is 0. The molecule has 6 heteroatoms. The number of furan rings is 1. The van der Waals surface area contributed by atoms with Crippen LogP contribution in [0, 0.1) is 5.82 Å². The number of carbonyl (C=O) groups excluding carboxylic acids is 1. The number of amides is 1. The van der Waals surface area contributed by atoms with Crippen molar-refractivity contribution in [2.45, 2.75) is 12.5 Å². The lowest BCUT2D eigenvalue weighted by Crippen LogP contribution is -2.42. The number of hydrogen-bond donors (Lipinski definition) is 1. The SMILES string of the molecule is O=C(Cc1ccc(F)cc1)NCC(c1ccoc1)N1CCSCC1. The van der Waals surface area contributed by atoms with E-state index in [2.05, 4.69) is 10.2 Å². The molecule has 1 fully saturated rings. The fraction of sp³-hybridized carbons (Fsp3) is 0.389. The average Bonchev–Trinajstić information content (AvgIpc) is 3.12. The van der Waals surface area contributed by atoms with Gasteiger partial charge in [-0.3, -0.25) is 9.69 Å². The molecule has 128 valence electrons. The van der Waals surface area contributed by atoms with Gasteiger partial charge in [0.05, 0.1) is 25.0 Å². The quantitative estimate of drug-likeness (QED) is 0.872. The molecule has 4 nitrogen and oxygen atoms in total. The van der Waals surface area contributed by atoms with Crippen molar-refractivity contribution in [3.63, 3.8) is 0 Å². The number of rotatable bonds is 6. The second kappa shape index (κ2) is 8.35. The molecular weight excluding hydrogens is 327 g/mol. The van der Waals surface area contributed by atoms with E-state index in [-0.39, 0.29) is 24.2 Å². The largest absolute Gasteiger partial charge is 0.472 e. The molecule has 1 atom stereocenters. The molecule has 1 aliphatic rings. The van der Waals surface area contributed by atoms with E-state index in [1.54, 1.807) is 24.7 Å². The lowest BCUT2D eigenvalue weighted by molar-refractivity contribution is -0.120. The first kappa shape index (κ1) is 17.0. The van der Waals surface area contributed by atoms with Crippen LogP contribution in [0.3, 0.4) is 0 Å². The molecule has 1 unspecified atom stereocenters. The van der Waals surface area contributed by atoms with E-state index in [0.717, 1.165) is 35.7 Å². The Morgan fingerprint density at radius 1 is 1.25 bits per heavy atom. The van der Waals surface area contributed by atoms with Gasteiger partial charge in [-0.1, -0.05) is 12.1 Å². The minimum absolute atomic E-state index is 0.0542. The molecule has 2 heterocycles. The Morgan fingerprint density at radius 2 is 2.00 bits per heavy atom. The Bertz CT molecular complexity index is 640. The lowest BCUT2D eigenvalue weighted by Gasteiger charge is -2.34. The minimum Gasteiger partial charge on any atom is -0.472 e. The summed E-state index contributed by atoms with van der Waals surface area (Å²) in [6.07, 6.45) is 3.67. The van der Waals surface area contributed by atoms with Crippen LogP contribution < -0.4 is 5.32 Å². The third-order valence-corrected chi connectivity index (χ3v) is 5.13. The third-order valence-electron chi connectivity index (χ3n) is 4.18. The molecule has 3 rings (SSSR count). The molecule has 1 saturated heterocycles. The Hall–Kier alpha value is -1.79. The molecule has 1 aromatic carbocycles. The summed E-state index contributed by atoms with van der Waals surface area (Å²) in [4.78, 5) is 14.6. The van der Waals surface area contributed by atoms with Crippen molar-refractivity contribution in [2.75, 3.05) is 31.1 Å². The summed E-state index contributed by atoms with van der Waals surface area (Å²) in [5, 5.41) is 3.01.